The van der Waals surface area contributed by atoms with Gasteiger partial charge in [0.2, 0.25) is 0 Å². The van der Waals surface area contributed by atoms with Gasteiger partial charge in [-0.3, -0.25) is 0 Å². The number of methoxy groups -OCH3 is 1. The Morgan fingerprint density at radius 1 is 1.43 bits per heavy atom. The van der Waals surface area contributed by atoms with Crippen molar-refractivity contribution in [2.75, 3.05) is 19.5 Å². The molecule has 0 radical (unpaired) electrons. The van der Waals surface area contributed by atoms with Crippen LogP contribution in [0.1, 0.15) is 40.8 Å². The highest BCUT2D eigenvalue weighted by atomic mass is 16.5. The zero-order chi connectivity index (χ0) is 15.0. The maximum absolute atomic E-state index is 11.4. The zero-order valence-electron chi connectivity index (χ0n) is 12.1. The maximum Gasteiger partial charge on any atom is 0.377 e. The first-order valence-corrected chi connectivity index (χ1v) is 6.70. The molecule has 0 aliphatic heterocycles. The predicted molar refractivity (Wildman–Crippen MR) is 74.5 cm³/mol. The van der Waals surface area contributed by atoms with Crippen molar-refractivity contribution in [1.29, 1.82) is 0 Å². The predicted octanol–water partition coefficient (Wildman–Crippen LogP) is 1.07. The topological polar surface area (TPSA) is 94.8 Å². The number of ether oxygens (including phenoxy) is 1. The van der Waals surface area contributed by atoms with Gasteiger partial charge in [-0.1, -0.05) is 0 Å². The fourth-order valence-electron chi connectivity index (χ4n) is 2.06. The summed E-state index contributed by atoms with van der Waals surface area (Å²) in [7, 11) is 3.11. The van der Waals surface area contributed by atoms with Crippen LogP contribution in [0.15, 0.2) is 6.33 Å². The first kappa shape index (κ1) is 13.5. The largest absolute Gasteiger partial charge is 0.463 e. The van der Waals surface area contributed by atoms with Crippen molar-refractivity contribution in [3.63, 3.8) is 0 Å². The number of rotatable bonds is 4. The molecule has 1 fully saturated rings. The minimum atomic E-state index is -0.572. The fraction of sp³-hybridized carbons (Fsp3) is 0.462. The quantitative estimate of drug-likeness (QED) is 0.841. The third-order valence-corrected chi connectivity index (χ3v) is 3.39. The van der Waals surface area contributed by atoms with Gasteiger partial charge in [-0.15, -0.1) is 5.10 Å². The Morgan fingerprint density at radius 2 is 2.19 bits per heavy atom. The molecule has 0 spiro atoms. The summed E-state index contributed by atoms with van der Waals surface area (Å²) in [5.74, 6) is 2.04. The molecule has 0 saturated heterocycles. The summed E-state index contributed by atoms with van der Waals surface area (Å²) >= 11 is 0. The van der Waals surface area contributed by atoms with Crippen molar-refractivity contribution in [3.05, 3.63) is 23.5 Å². The molecule has 1 N–H and O–H groups in total. The number of esters is 1. The van der Waals surface area contributed by atoms with Gasteiger partial charge in [0, 0.05) is 18.5 Å². The highest BCUT2D eigenvalue weighted by Crippen LogP contribution is 2.39. The van der Waals surface area contributed by atoms with Crippen molar-refractivity contribution in [2.45, 2.75) is 25.7 Å². The summed E-state index contributed by atoms with van der Waals surface area (Å²) in [5.41, 5.74) is 0.850. The van der Waals surface area contributed by atoms with Crippen molar-refractivity contribution in [1.82, 2.24) is 24.7 Å². The number of nitrogens with one attached hydrogen (secondary N) is 1. The van der Waals surface area contributed by atoms with Crippen molar-refractivity contribution in [2.24, 2.45) is 0 Å². The number of nitrogens with zero attached hydrogens (tertiary/aromatic N) is 5. The number of hydrogen-bond acceptors (Lipinski definition) is 7. The Bertz CT molecular complexity index is 692. The Kier molecular flexibility index (Phi) is 3.28. The minimum absolute atomic E-state index is 0.00879. The van der Waals surface area contributed by atoms with Crippen LogP contribution in [0.4, 0.5) is 5.82 Å². The van der Waals surface area contributed by atoms with E-state index in [0.717, 1.165) is 30.0 Å². The van der Waals surface area contributed by atoms with Gasteiger partial charge in [-0.2, -0.15) is 0 Å². The van der Waals surface area contributed by atoms with E-state index in [-0.39, 0.29) is 5.82 Å². The van der Waals surface area contributed by atoms with Crippen molar-refractivity contribution < 1.29 is 9.53 Å². The van der Waals surface area contributed by atoms with Crippen LogP contribution in [0.2, 0.25) is 0 Å². The third-order valence-electron chi connectivity index (χ3n) is 3.39. The van der Waals surface area contributed by atoms with E-state index in [9.17, 15) is 4.79 Å². The second kappa shape index (κ2) is 5.12. The Labute approximate surface area is 121 Å². The van der Waals surface area contributed by atoms with Crippen LogP contribution in [0.3, 0.4) is 0 Å². The van der Waals surface area contributed by atoms with Crippen molar-refractivity contribution >= 4 is 11.8 Å². The molecule has 0 unspecified atom stereocenters. The van der Waals surface area contributed by atoms with Crippen LogP contribution in [0.25, 0.3) is 5.82 Å². The van der Waals surface area contributed by atoms with Crippen LogP contribution in [-0.2, 0) is 4.74 Å². The average molecular weight is 288 g/mol. The summed E-state index contributed by atoms with van der Waals surface area (Å²) < 4.78 is 6.09. The van der Waals surface area contributed by atoms with Gasteiger partial charge in [0.1, 0.15) is 18.0 Å². The Morgan fingerprint density at radius 3 is 2.81 bits per heavy atom. The lowest BCUT2D eigenvalue weighted by atomic mass is 10.3. The first-order valence-electron chi connectivity index (χ1n) is 6.70. The summed E-state index contributed by atoms with van der Waals surface area (Å²) in [5, 5.41) is 7.19. The lowest BCUT2D eigenvalue weighted by Gasteiger charge is -2.11. The lowest BCUT2D eigenvalue weighted by molar-refractivity contribution is 0.0587. The molecule has 0 amide bonds. The molecule has 2 heterocycles. The van der Waals surface area contributed by atoms with E-state index >= 15 is 0 Å². The molecule has 8 nitrogen and oxygen atoms in total. The lowest BCUT2D eigenvalue weighted by Crippen LogP contribution is -2.11. The average Bonchev–Trinajstić information content (AvgIpc) is 3.24. The van der Waals surface area contributed by atoms with Gasteiger partial charge >= 0.3 is 5.97 Å². The summed E-state index contributed by atoms with van der Waals surface area (Å²) in [6.07, 6.45) is 3.67. The molecule has 8 heteroatoms. The molecule has 21 heavy (non-hydrogen) atoms. The minimum Gasteiger partial charge on any atom is -0.463 e. The van der Waals surface area contributed by atoms with E-state index in [1.807, 2.05) is 14.0 Å². The monoisotopic (exact) mass is 288 g/mol. The number of anilines is 1. The van der Waals surface area contributed by atoms with E-state index < -0.39 is 5.97 Å². The normalized spacial score (nSPS) is 14.0. The number of hydrogen-bond donors (Lipinski definition) is 1. The molecule has 2 aromatic heterocycles. The van der Waals surface area contributed by atoms with Crippen LogP contribution in [-0.4, -0.2) is 44.9 Å². The van der Waals surface area contributed by atoms with Crippen molar-refractivity contribution in [3.8, 4) is 5.82 Å². The zero-order valence-corrected chi connectivity index (χ0v) is 12.1. The summed E-state index contributed by atoms with van der Waals surface area (Å²) in [6, 6.07) is 0. The molecule has 1 saturated carbocycles. The van der Waals surface area contributed by atoms with E-state index in [0.29, 0.717) is 11.7 Å². The van der Waals surface area contributed by atoms with Gasteiger partial charge in [0.15, 0.2) is 5.82 Å². The molecule has 1 aliphatic rings. The first-order chi connectivity index (χ1) is 10.1. The van der Waals surface area contributed by atoms with Gasteiger partial charge in [-0.05, 0) is 19.8 Å². The molecule has 0 bridgehead atoms. The summed E-state index contributed by atoms with van der Waals surface area (Å²) in [4.78, 5) is 24.5. The number of carbonyl (C=O) groups is 1. The molecular formula is C13H16N6O2. The second-order valence-electron chi connectivity index (χ2n) is 4.91. The molecule has 0 atom stereocenters. The van der Waals surface area contributed by atoms with Crippen LogP contribution >= 0.6 is 0 Å². The maximum atomic E-state index is 11.4. The molecule has 1 aliphatic carbocycles. The Hall–Kier alpha value is -2.51. The third kappa shape index (κ3) is 2.44. The molecule has 110 valence electrons. The summed E-state index contributed by atoms with van der Waals surface area (Å²) in [6.45, 7) is 1.90. The van der Waals surface area contributed by atoms with Crippen LogP contribution < -0.4 is 5.32 Å². The van der Waals surface area contributed by atoms with Gasteiger partial charge in [0.05, 0.1) is 7.11 Å². The number of carbonyl (C=O) groups excluding carboxylic acids is 1. The van der Waals surface area contributed by atoms with E-state index in [4.69, 9.17) is 0 Å². The van der Waals surface area contributed by atoms with E-state index in [1.165, 1.54) is 18.1 Å². The smallest absolute Gasteiger partial charge is 0.377 e. The van der Waals surface area contributed by atoms with E-state index in [1.54, 1.807) is 0 Å². The highest BCUT2D eigenvalue weighted by molar-refractivity contribution is 5.84. The second-order valence-corrected chi connectivity index (χ2v) is 4.91. The van der Waals surface area contributed by atoms with Gasteiger partial charge < -0.3 is 10.1 Å². The van der Waals surface area contributed by atoms with Gasteiger partial charge in [-0.25, -0.2) is 24.4 Å². The SMILES string of the molecule is CNc1nc(C2CC2)nc(-n2cnc(C(=O)OC)n2)c1C. The Balaban J connectivity index is 2.06. The standard InChI is InChI=1S/C13H16N6O2/c1-7-9(14-2)16-10(8-4-5-8)17-12(7)19-6-15-11(18-19)13(20)21-3/h6,8H,4-5H2,1-3H3,(H,14,16,17). The highest BCUT2D eigenvalue weighted by Gasteiger charge is 2.28. The van der Waals surface area contributed by atoms with Gasteiger partial charge in [0.25, 0.3) is 5.82 Å². The fourth-order valence-corrected chi connectivity index (χ4v) is 2.06. The van der Waals surface area contributed by atoms with E-state index in [2.05, 4.69) is 30.1 Å². The van der Waals surface area contributed by atoms with Crippen LogP contribution in [0.5, 0.6) is 0 Å². The van der Waals surface area contributed by atoms with Crippen LogP contribution in [0, 0.1) is 6.92 Å². The molecular weight excluding hydrogens is 272 g/mol. The molecule has 2 aromatic rings. The number of aromatic nitrogens is 5. The molecule has 0 aromatic carbocycles. The molecule has 3 rings (SSSR count).